The smallest absolute Gasteiger partial charge is 0.235 e. The minimum atomic E-state index is -0.145. The molecule has 0 saturated carbocycles. The SMILES string of the molecule is CC(C)(C)CN(CCCO)CC(=O)NCC#N. The molecule has 0 aromatic heterocycles. The fourth-order valence-corrected chi connectivity index (χ4v) is 1.58. The Balaban J connectivity index is 4.18. The van der Waals surface area contributed by atoms with Crippen LogP contribution in [0.15, 0.2) is 0 Å². The van der Waals surface area contributed by atoms with E-state index in [1.54, 1.807) is 0 Å². The van der Waals surface area contributed by atoms with E-state index in [0.29, 0.717) is 13.0 Å². The summed E-state index contributed by atoms with van der Waals surface area (Å²) in [5, 5.41) is 19.7. The van der Waals surface area contributed by atoms with Crippen LogP contribution in [-0.2, 0) is 4.79 Å². The number of hydrogen-bond acceptors (Lipinski definition) is 4. The predicted octanol–water partition coefficient (Wildman–Crippen LogP) is 0.357. The number of aliphatic hydroxyl groups is 1. The molecule has 0 rings (SSSR count). The zero-order chi connectivity index (χ0) is 13.3. The quantitative estimate of drug-likeness (QED) is 0.631. The van der Waals surface area contributed by atoms with Crippen molar-refractivity contribution in [2.24, 2.45) is 5.41 Å². The molecule has 0 aliphatic heterocycles. The van der Waals surface area contributed by atoms with Crippen LogP contribution in [0.3, 0.4) is 0 Å². The van der Waals surface area contributed by atoms with Gasteiger partial charge in [0.25, 0.3) is 0 Å². The van der Waals surface area contributed by atoms with Gasteiger partial charge in [0.1, 0.15) is 6.54 Å². The average molecular weight is 241 g/mol. The Labute approximate surface area is 103 Å². The molecule has 1 amide bonds. The maximum atomic E-state index is 11.5. The summed E-state index contributed by atoms with van der Waals surface area (Å²) in [6.07, 6.45) is 0.654. The first-order valence-corrected chi connectivity index (χ1v) is 5.86. The van der Waals surface area contributed by atoms with E-state index in [1.807, 2.05) is 11.0 Å². The predicted molar refractivity (Wildman–Crippen MR) is 66.2 cm³/mol. The number of hydrogen-bond donors (Lipinski definition) is 2. The lowest BCUT2D eigenvalue weighted by Gasteiger charge is -2.29. The molecule has 0 atom stereocenters. The molecule has 0 bridgehead atoms. The van der Waals surface area contributed by atoms with Crippen LogP contribution >= 0.6 is 0 Å². The van der Waals surface area contributed by atoms with Crippen LogP contribution < -0.4 is 5.32 Å². The van der Waals surface area contributed by atoms with Gasteiger partial charge in [-0.05, 0) is 11.8 Å². The largest absolute Gasteiger partial charge is 0.396 e. The molecule has 0 unspecified atom stereocenters. The molecule has 5 nitrogen and oxygen atoms in total. The first-order valence-electron chi connectivity index (χ1n) is 5.86. The van der Waals surface area contributed by atoms with Crippen molar-refractivity contribution in [3.05, 3.63) is 0 Å². The van der Waals surface area contributed by atoms with Crippen molar-refractivity contribution in [3.8, 4) is 6.07 Å². The van der Waals surface area contributed by atoms with Crippen LogP contribution in [0.5, 0.6) is 0 Å². The van der Waals surface area contributed by atoms with Crippen molar-refractivity contribution >= 4 is 5.91 Å². The van der Waals surface area contributed by atoms with Gasteiger partial charge < -0.3 is 10.4 Å². The summed E-state index contributed by atoms with van der Waals surface area (Å²) in [4.78, 5) is 13.5. The first kappa shape index (κ1) is 15.9. The van der Waals surface area contributed by atoms with Crippen molar-refractivity contribution in [1.29, 1.82) is 5.26 Å². The standard InChI is InChI=1S/C12H23N3O2/c1-12(2,3)10-15(7-4-8-16)9-11(17)14-6-5-13/h16H,4,6-10H2,1-3H3,(H,14,17). The van der Waals surface area contributed by atoms with E-state index in [1.165, 1.54) is 0 Å². The molecule has 0 aliphatic carbocycles. The average Bonchev–Trinajstić information content (AvgIpc) is 2.21. The zero-order valence-corrected chi connectivity index (χ0v) is 11.0. The monoisotopic (exact) mass is 241 g/mol. The van der Waals surface area contributed by atoms with E-state index in [9.17, 15) is 4.79 Å². The summed E-state index contributed by atoms with van der Waals surface area (Å²) in [6, 6.07) is 1.87. The third-order valence-corrected chi connectivity index (χ3v) is 2.06. The van der Waals surface area contributed by atoms with E-state index in [-0.39, 0.29) is 31.0 Å². The molecule has 0 aliphatic rings. The van der Waals surface area contributed by atoms with Crippen LogP contribution in [0.1, 0.15) is 27.2 Å². The Morgan fingerprint density at radius 2 is 2.12 bits per heavy atom. The maximum Gasteiger partial charge on any atom is 0.235 e. The van der Waals surface area contributed by atoms with Crippen molar-refractivity contribution in [1.82, 2.24) is 10.2 Å². The van der Waals surface area contributed by atoms with Crippen LogP contribution in [0.25, 0.3) is 0 Å². The van der Waals surface area contributed by atoms with Crippen molar-refractivity contribution in [3.63, 3.8) is 0 Å². The molecule has 0 heterocycles. The Morgan fingerprint density at radius 3 is 2.59 bits per heavy atom. The molecular weight excluding hydrogens is 218 g/mol. The third kappa shape index (κ3) is 9.79. The third-order valence-electron chi connectivity index (χ3n) is 2.06. The highest BCUT2D eigenvalue weighted by atomic mass is 16.3. The molecule has 0 aromatic rings. The molecule has 2 N–H and O–H groups in total. The number of carbonyl (C=O) groups is 1. The number of carbonyl (C=O) groups excluding carboxylic acids is 1. The second-order valence-electron chi connectivity index (χ2n) is 5.28. The molecule has 0 spiro atoms. The van der Waals surface area contributed by atoms with E-state index < -0.39 is 0 Å². The molecule has 5 heteroatoms. The highest BCUT2D eigenvalue weighted by molar-refractivity contribution is 5.78. The lowest BCUT2D eigenvalue weighted by molar-refractivity contribution is -0.122. The fourth-order valence-electron chi connectivity index (χ4n) is 1.58. The van der Waals surface area contributed by atoms with Gasteiger partial charge >= 0.3 is 0 Å². The van der Waals surface area contributed by atoms with Crippen LogP contribution in [0.2, 0.25) is 0 Å². The Hall–Kier alpha value is -1.12. The van der Waals surface area contributed by atoms with Crippen molar-refractivity contribution < 1.29 is 9.90 Å². The lowest BCUT2D eigenvalue weighted by atomic mass is 9.96. The zero-order valence-electron chi connectivity index (χ0n) is 11.0. The Bertz CT molecular complexity index is 266. The van der Waals surface area contributed by atoms with Crippen LogP contribution in [0.4, 0.5) is 0 Å². The van der Waals surface area contributed by atoms with Gasteiger partial charge in [-0.2, -0.15) is 5.26 Å². The summed E-state index contributed by atoms with van der Waals surface area (Å²) in [6.45, 7) is 8.23. The van der Waals surface area contributed by atoms with Gasteiger partial charge in [0.2, 0.25) is 5.91 Å². The second kappa shape index (κ2) is 8.04. The lowest BCUT2D eigenvalue weighted by Crippen LogP contribution is -2.41. The molecular formula is C12H23N3O2. The van der Waals surface area contributed by atoms with E-state index in [2.05, 4.69) is 26.1 Å². The van der Waals surface area contributed by atoms with Gasteiger partial charge in [-0.15, -0.1) is 0 Å². The Kier molecular flexibility index (Phi) is 7.51. The second-order valence-corrected chi connectivity index (χ2v) is 5.28. The van der Waals surface area contributed by atoms with E-state index in [0.717, 1.165) is 6.54 Å². The number of nitriles is 1. The van der Waals surface area contributed by atoms with E-state index in [4.69, 9.17) is 10.4 Å². The maximum absolute atomic E-state index is 11.5. The summed E-state index contributed by atoms with van der Waals surface area (Å²) < 4.78 is 0. The van der Waals surface area contributed by atoms with Gasteiger partial charge in [0.05, 0.1) is 12.6 Å². The van der Waals surface area contributed by atoms with Crippen LogP contribution in [0, 0.1) is 16.7 Å². The van der Waals surface area contributed by atoms with Crippen molar-refractivity contribution in [2.75, 3.05) is 32.8 Å². The summed E-state index contributed by atoms with van der Waals surface area (Å²) in [5.41, 5.74) is 0.102. The van der Waals surface area contributed by atoms with Crippen molar-refractivity contribution in [2.45, 2.75) is 27.2 Å². The van der Waals surface area contributed by atoms with Crippen LogP contribution in [-0.4, -0.2) is 48.7 Å². The highest BCUT2D eigenvalue weighted by Gasteiger charge is 2.18. The summed E-state index contributed by atoms with van der Waals surface area (Å²) in [5.74, 6) is -0.145. The van der Waals surface area contributed by atoms with Gasteiger partial charge in [-0.1, -0.05) is 20.8 Å². The van der Waals surface area contributed by atoms with E-state index >= 15 is 0 Å². The first-order chi connectivity index (χ1) is 7.89. The normalized spacial score (nSPS) is 11.3. The Morgan fingerprint density at radius 1 is 1.47 bits per heavy atom. The minimum Gasteiger partial charge on any atom is -0.396 e. The number of rotatable bonds is 7. The van der Waals surface area contributed by atoms with Gasteiger partial charge in [0.15, 0.2) is 0 Å². The topological polar surface area (TPSA) is 76.4 Å². The number of nitrogens with one attached hydrogen (secondary N) is 1. The summed E-state index contributed by atoms with van der Waals surface area (Å²) in [7, 11) is 0. The molecule has 0 radical (unpaired) electrons. The number of aliphatic hydroxyl groups excluding tert-OH is 1. The molecule has 17 heavy (non-hydrogen) atoms. The molecule has 0 aromatic carbocycles. The number of amides is 1. The fraction of sp³-hybridized carbons (Fsp3) is 0.833. The highest BCUT2D eigenvalue weighted by Crippen LogP contribution is 2.15. The van der Waals surface area contributed by atoms with Gasteiger partial charge in [0, 0.05) is 19.7 Å². The summed E-state index contributed by atoms with van der Waals surface area (Å²) >= 11 is 0. The molecule has 0 saturated heterocycles. The number of nitrogens with zero attached hydrogens (tertiary/aromatic N) is 2. The van der Waals surface area contributed by atoms with Gasteiger partial charge in [-0.3, -0.25) is 9.69 Å². The molecule has 98 valence electrons. The minimum absolute atomic E-state index is 0.0438. The van der Waals surface area contributed by atoms with Gasteiger partial charge in [-0.25, -0.2) is 0 Å². The molecule has 0 fully saturated rings.